The van der Waals surface area contributed by atoms with Crippen LogP contribution in [0.2, 0.25) is 0 Å². The van der Waals surface area contributed by atoms with Gasteiger partial charge >= 0.3 is 0 Å². The predicted octanol–water partition coefficient (Wildman–Crippen LogP) is 1.26. The summed E-state index contributed by atoms with van der Waals surface area (Å²) in [4.78, 5) is 0.0710. The number of hydrogen-bond donors (Lipinski definition) is 2. The third-order valence-electron chi connectivity index (χ3n) is 2.05. The van der Waals surface area contributed by atoms with Crippen LogP contribution in [-0.2, 0) is 10.0 Å². The van der Waals surface area contributed by atoms with Crippen LogP contribution in [0.25, 0.3) is 0 Å². The summed E-state index contributed by atoms with van der Waals surface area (Å²) in [7, 11) is -3.51. The van der Waals surface area contributed by atoms with Crippen LogP contribution in [0.5, 0.6) is 0 Å². The monoisotopic (exact) mass is 282 g/mol. The summed E-state index contributed by atoms with van der Waals surface area (Å²) in [5.41, 5.74) is 5.29. The summed E-state index contributed by atoms with van der Waals surface area (Å²) in [5.74, 6) is -0.456. The molecule has 0 saturated carbocycles. The second-order valence-corrected chi connectivity index (χ2v) is 5.11. The van der Waals surface area contributed by atoms with Crippen molar-refractivity contribution in [3.8, 4) is 0 Å². The minimum absolute atomic E-state index is 0. The highest BCUT2D eigenvalue weighted by Gasteiger charge is 2.12. The molecule has 0 aliphatic rings. The second kappa shape index (κ2) is 7.60. The Labute approximate surface area is 107 Å². The first-order valence-electron chi connectivity index (χ1n) is 5.01. The van der Waals surface area contributed by atoms with Crippen molar-refractivity contribution in [3.63, 3.8) is 0 Å². The van der Waals surface area contributed by atoms with Crippen LogP contribution in [0.3, 0.4) is 0 Å². The Hall–Kier alpha value is -0.690. The van der Waals surface area contributed by atoms with Crippen LogP contribution < -0.4 is 10.5 Å². The zero-order chi connectivity index (χ0) is 12.0. The Morgan fingerprint density at radius 3 is 2.29 bits per heavy atom. The zero-order valence-electron chi connectivity index (χ0n) is 9.23. The normalized spacial score (nSPS) is 10.9. The van der Waals surface area contributed by atoms with Gasteiger partial charge in [-0.3, -0.25) is 0 Å². The van der Waals surface area contributed by atoms with Crippen LogP contribution in [0.15, 0.2) is 29.2 Å². The number of nitrogens with two attached hydrogens (primary N) is 1. The van der Waals surface area contributed by atoms with E-state index in [1.165, 1.54) is 12.1 Å². The van der Waals surface area contributed by atoms with Gasteiger partial charge in [-0.1, -0.05) is 0 Å². The van der Waals surface area contributed by atoms with Crippen molar-refractivity contribution in [2.75, 3.05) is 13.1 Å². The molecule has 1 aromatic rings. The maximum atomic E-state index is 12.6. The largest absolute Gasteiger partial charge is 0.330 e. The molecule has 4 nitrogen and oxygen atoms in total. The predicted molar refractivity (Wildman–Crippen MR) is 67.1 cm³/mol. The number of hydrogen-bond acceptors (Lipinski definition) is 3. The van der Waals surface area contributed by atoms with Gasteiger partial charge in [0.2, 0.25) is 10.0 Å². The van der Waals surface area contributed by atoms with Crippen molar-refractivity contribution in [2.24, 2.45) is 5.73 Å². The van der Waals surface area contributed by atoms with Gasteiger partial charge in [-0.25, -0.2) is 17.5 Å². The highest BCUT2D eigenvalue weighted by molar-refractivity contribution is 7.89. The average molecular weight is 283 g/mol. The molecular formula is C10H16ClFN2O2S. The molecule has 0 bridgehead atoms. The van der Waals surface area contributed by atoms with Crippen LogP contribution in [0.4, 0.5) is 4.39 Å². The number of sulfonamides is 1. The molecule has 0 aliphatic heterocycles. The van der Waals surface area contributed by atoms with E-state index < -0.39 is 15.8 Å². The SMILES string of the molecule is Cl.NCCCCNS(=O)(=O)c1ccc(F)cc1. The number of halogens is 2. The molecule has 0 saturated heterocycles. The minimum atomic E-state index is -3.51. The molecule has 0 unspecified atom stereocenters. The topological polar surface area (TPSA) is 72.2 Å². The van der Waals surface area contributed by atoms with E-state index in [9.17, 15) is 12.8 Å². The molecule has 1 aromatic carbocycles. The summed E-state index contributed by atoms with van der Waals surface area (Å²) >= 11 is 0. The lowest BCUT2D eigenvalue weighted by Gasteiger charge is -2.05. The number of benzene rings is 1. The van der Waals surface area contributed by atoms with Gasteiger partial charge in [-0.2, -0.15) is 0 Å². The van der Waals surface area contributed by atoms with Crippen molar-refractivity contribution in [1.82, 2.24) is 4.72 Å². The number of rotatable bonds is 6. The van der Waals surface area contributed by atoms with E-state index in [2.05, 4.69) is 4.72 Å². The van der Waals surface area contributed by atoms with E-state index in [0.717, 1.165) is 18.6 Å². The van der Waals surface area contributed by atoms with E-state index in [0.29, 0.717) is 19.5 Å². The summed E-state index contributed by atoms with van der Waals surface area (Å²) in [6.45, 7) is 0.884. The summed E-state index contributed by atoms with van der Waals surface area (Å²) in [6.07, 6.45) is 1.46. The minimum Gasteiger partial charge on any atom is -0.330 e. The highest BCUT2D eigenvalue weighted by Crippen LogP contribution is 2.09. The first-order valence-corrected chi connectivity index (χ1v) is 6.50. The fourth-order valence-corrected chi connectivity index (χ4v) is 2.25. The third kappa shape index (κ3) is 5.45. The maximum absolute atomic E-state index is 12.6. The fourth-order valence-electron chi connectivity index (χ4n) is 1.17. The molecular weight excluding hydrogens is 267 g/mol. The van der Waals surface area contributed by atoms with Crippen molar-refractivity contribution in [3.05, 3.63) is 30.1 Å². The highest BCUT2D eigenvalue weighted by atomic mass is 35.5. The van der Waals surface area contributed by atoms with Gasteiger partial charge in [-0.15, -0.1) is 12.4 Å². The average Bonchev–Trinajstić information content (AvgIpc) is 2.25. The van der Waals surface area contributed by atoms with E-state index in [4.69, 9.17) is 5.73 Å². The van der Waals surface area contributed by atoms with Gasteiger partial charge in [0, 0.05) is 6.54 Å². The molecule has 0 atom stereocenters. The van der Waals surface area contributed by atoms with E-state index in [1.807, 2.05) is 0 Å². The molecule has 7 heteroatoms. The smallest absolute Gasteiger partial charge is 0.240 e. The molecule has 0 radical (unpaired) electrons. The van der Waals surface area contributed by atoms with Crippen molar-refractivity contribution < 1.29 is 12.8 Å². The van der Waals surface area contributed by atoms with Crippen molar-refractivity contribution in [2.45, 2.75) is 17.7 Å². The molecule has 0 aliphatic carbocycles. The maximum Gasteiger partial charge on any atom is 0.240 e. The van der Waals surface area contributed by atoms with Gasteiger partial charge in [0.15, 0.2) is 0 Å². The fraction of sp³-hybridized carbons (Fsp3) is 0.400. The van der Waals surface area contributed by atoms with Gasteiger partial charge in [0.1, 0.15) is 5.82 Å². The third-order valence-corrected chi connectivity index (χ3v) is 3.52. The molecule has 0 heterocycles. The van der Waals surface area contributed by atoms with Crippen LogP contribution in [0, 0.1) is 5.82 Å². The molecule has 0 aromatic heterocycles. The first kappa shape index (κ1) is 16.3. The lowest BCUT2D eigenvalue weighted by Crippen LogP contribution is -2.25. The van der Waals surface area contributed by atoms with Crippen molar-refractivity contribution >= 4 is 22.4 Å². The Morgan fingerprint density at radius 1 is 1.18 bits per heavy atom. The Morgan fingerprint density at radius 2 is 1.76 bits per heavy atom. The molecule has 3 N–H and O–H groups in total. The lowest BCUT2D eigenvalue weighted by molar-refractivity contribution is 0.576. The van der Waals surface area contributed by atoms with Gasteiger partial charge < -0.3 is 5.73 Å². The second-order valence-electron chi connectivity index (χ2n) is 3.35. The molecule has 17 heavy (non-hydrogen) atoms. The van der Waals surface area contributed by atoms with Crippen molar-refractivity contribution in [1.29, 1.82) is 0 Å². The molecule has 0 spiro atoms. The van der Waals surface area contributed by atoms with Crippen LogP contribution in [0.1, 0.15) is 12.8 Å². The van der Waals surface area contributed by atoms with E-state index in [-0.39, 0.29) is 17.3 Å². The Bertz CT molecular complexity index is 422. The van der Waals surface area contributed by atoms with Gasteiger partial charge in [0.05, 0.1) is 4.90 Å². The Kier molecular flexibility index (Phi) is 7.29. The van der Waals surface area contributed by atoms with Crippen LogP contribution in [-0.4, -0.2) is 21.5 Å². The number of unbranched alkanes of at least 4 members (excludes halogenated alkanes) is 1. The molecule has 1 rings (SSSR count). The van der Waals surface area contributed by atoms with Gasteiger partial charge in [-0.05, 0) is 43.7 Å². The molecule has 0 fully saturated rings. The zero-order valence-corrected chi connectivity index (χ0v) is 10.9. The number of nitrogens with one attached hydrogen (secondary N) is 1. The Balaban J connectivity index is 0.00000256. The summed E-state index contributed by atoms with van der Waals surface area (Å²) in [5, 5.41) is 0. The quantitative estimate of drug-likeness (QED) is 0.772. The lowest BCUT2D eigenvalue weighted by atomic mass is 10.3. The van der Waals surface area contributed by atoms with E-state index in [1.54, 1.807) is 0 Å². The van der Waals surface area contributed by atoms with Gasteiger partial charge in [0.25, 0.3) is 0 Å². The standard InChI is InChI=1S/C10H15FN2O2S.ClH/c11-9-3-5-10(6-4-9)16(14,15)13-8-2-1-7-12;/h3-6,13H,1-2,7-8,12H2;1H. The van der Waals surface area contributed by atoms with E-state index >= 15 is 0 Å². The summed E-state index contributed by atoms with van der Waals surface area (Å²) < 4.78 is 38.3. The molecule has 98 valence electrons. The summed E-state index contributed by atoms with van der Waals surface area (Å²) in [6, 6.07) is 4.71. The first-order chi connectivity index (χ1) is 7.56. The molecule has 0 amide bonds. The van der Waals surface area contributed by atoms with Crippen LogP contribution >= 0.6 is 12.4 Å².